The lowest BCUT2D eigenvalue weighted by Crippen LogP contribution is -2.35. The zero-order valence-electron chi connectivity index (χ0n) is 16.7. The van der Waals surface area contributed by atoms with Crippen molar-refractivity contribution in [2.75, 3.05) is 6.54 Å². The Morgan fingerprint density at radius 1 is 1.07 bits per heavy atom. The van der Waals surface area contributed by atoms with Gasteiger partial charge in [0.05, 0.1) is 4.90 Å². The SMILES string of the molecule is CC(CCc1ccccc1)NC(=O)CCNS(=O)(=O)c1ccc2[nH]c(=O)ccc2c1. The van der Waals surface area contributed by atoms with Gasteiger partial charge in [0.25, 0.3) is 0 Å². The molecule has 1 aromatic heterocycles. The van der Waals surface area contributed by atoms with E-state index in [4.69, 9.17) is 0 Å². The van der Waals surface area contributed by atoms with Crippen molar-refractivity contribution in [2.24, 2.45) is 0 Å². The quantitative estimate of drug-likeness (QED) is 0.487. The maximum atomic E-state index is 12.5. The molecule has 0 fully saturated rings. The predicted octanol–water partition coefficient (Wildman–Crippen LogP) is 2.33. The fourth-order valence-electron chi connectivity index (χ4n) is 3.13. The Kier molecular flexibility index (Phi) is 7.02. The zero-order valence-corrected chi connectivity index (χ0v) is 17.5. The first kappa shape index (κ1) is 21.7. The highest BCUT2D eigenvalue weighted by molar-refractivity contribution is 7.89. The van der Waals surface area contributed by atoms with Crippen LogP contribution in [0.2, 0.25) is 0 Å². The smallest absolute Gasteiger partial charge is 0.248 e. The Bertz CT molecular complexity index is 1170. The van der Waals surface area contributed by atoms with E-state index in [1.54, 1.807) is 12.1 Å². The van der Waals surface area contributed by atoms with Gasteiger partial charge >= 0.3 is 0 Å². The highest BCUT2D eigenvalue weighted by Gasteiger charge is 2.15. The fraction of sp³-hybridized carbons (Fsp3) is 0.273. The number of aryl methyl sites for hydroxylation is 1. The van der Waals surface area contributed by atoms with Crippen molar-refractivity contribution < 1.29 is 13.2 Å². The van der Waals surface area contributed by atoms with E-state index in [0.29, 0.717) is 10.9 Å². The van der Waals surface area contributed by atoms with Gasteiger partial charge in [0.2, 0.25) is 21.5 Å². The Labute approximate surface area is 175 Å². The number of benzene rings is 2. The molecule has 8 heteroatoms. The van der Waals surface area contributed by atoms with Crippen molar-refractivity contribution in [3.63, 3.8) is 0 Å². The average molecular weight is 428 g/mol. The Balaban J connectivity index is 1.48. The van der Waals surface area contributed by atoms with Crippen molar-refractivity contribution in [3.8, 4) is 0 Å². The first-order valence-corrected chi connectivity index (χ1v) is 11.3. The molecule has 0 aliphatic carbocycles. The van der Waals surface area contributed by atoms with Gasteiger partial charge in [-0.2, -0.15) is 0 Å². The largest absolute Gasteiger partial charge is 0.354 e. The van der Waals surface area contributed by atoms with Crippen molar-refractivity contribution >= 4 is 26.8 Å². The number of hydrogen-bond donors (Lipinski definition) is 3. The molecule has 1 heterocycles. The van der Waals surface area contributed by atoms with E-state index in [2.05, 4.69) is 15.0 Å². The molecule has 0 bridgehead atoms. The lowest BCUT2D eigenvalue weighted by atomic mass is 10.1. The topological polar surface area (TPSA) is 108 Å². The van der Waals surface area contributed by atoms with Crippen molar-refractivity contribution in [2.45, 2.75) is 37.1 Å². The summed E-state index contributed by atoms with van der Waals surface area (Å²) in [6, 6.07) is 17.4. The monoisotopic (exact) mass is 427 g/mol. The van der Waals surface area contributed by atoms with Gasteiger partial charge in [-0.1, -0.05) is 30.3 Å². The summed E-state index contributed by atoms with van der Waals surface area (Å²) in [5.41, 5.74) is 1.52. The molecule has 0 radical (unpaired) electrons. The molecule has 0 spiro atoms. The Morgan fingerprint density at radius 2 is 1.83 bits per heavy atom. The first-order chi connectivity index (χ1) is 14.3. The van der Waals surface area contributed by atoms with E-state index >= 15 is 0 Å². The number of carbonyl (C=O) groups excluding carboxylic acids is 1. The summed E-state index contributed by atoms with van der Waals surface area (Å²) < 4.78 is 27.4. The summed E-state index contributed by atoms with van der Waals surface area (Å²) in [7, 11) is -3.75. The van der Waals surface area contributed by atoms with Crippen LogP contribution in [0.1, 0.15) is 25.3 Å². The normalized spacial score (nSPS) is 12.6. The molecular formula is C22H25N3O4S. The van der Waals surface area contributed by atoms with E-state index in [1.807, 2.05) is 37.3 Å². The minimum absolute atomic E-state index is 0.00282. The van der Waals surface area contributed by atoms with E-state index in [0.717, 1.165) is 12.8 Å². The fourth-order valence-corrected chi connectivity index (χ4v) is 4.20. The second-order valence-corrected chi connectivity index (χ2v) is 8.98. The summed E-state index contributed by atoms with van der Waals surface area (Å²) in [6.07, 6.45) is 1.72. The summed E-state index contributed by atoms with van der Waals surface area (Å²) >= 11 is 0. The molecule has 7 nitrogen and oxygen atoms in total. The van der Waals surface area contributed by atoms with Crippen LogP contribution >= 0.6 is 0 Å². The second kappa shape index (κ2) is 9.69. The number of amides is 1. The number of fused-ring (bicyclic) bond motifs is 1. The number of nitrogens with one attached hydrogen (secondary N) is 3. The third-order valence-electron chi connectivity index (χ3n) is 4.77. The third kappa shape index (κ3) is 6.01. The number of H-pyrrole nitrogens is 1. The molecule has 0 saturated carbocycles. The first-order valence-electron chi connectivity index (χ1n) is 9.79. The number of sulfonamides is 1. The molecule has 1 amide bonds. The molecular weight excluding hydrogens is 402 g/mol. The van der Waals surface area contributed by atoms with Gasteiger partial charge in [-0.15, -0.1) is 0 Å². The van der Waals surface area contributed by atoms with Gasteiger partial charge in [-0.05, 0) is 55.0 Å². The highest BCUT2D eigenvalue weighted by atomic mass is 32.2. The van der Waals surface area contributed by atoms with Crippen LogP contribution in [0.4, 0.5) is 0 Å². The van der Waals surface area contributed by atoms with Crippen LogP contribution in [0.5, 0.6) is 0 Å². The minimum atomic E-state index is -3.75. The van der Waals surface area contributed by atoms with Gasteiger partial charge in [-0.25, -0.2) is 13.1 Å². The van der Waals surface area contributed by atoms with Gasteiger partial charge < -0.3 is 10.3 Å². The number of carbonyl (C=O) groups is 1. The van der Waals surface area contributed by atoms with Crippen LogP contribution in [0, 0.1) is 0 Å². The van der Waals surface area contributed by atoms with E-state index in [-0.39, 0.29) is 35.4 Å². The van der Waals surface area contributed by atoms with E-state index < -0.39 is 10.0 Å². The maximum Gasteiger partial charge on any atom is 0.248 e. The molecule has 3 aromatic rings. The number of rotatable bonds is 9. The Morgan fingerprint density at radius 3 is 2.60 bits per heavy atom. The van der Waals surface area contributed by atoms with Crippen LogP contribution in [0.15, 0.2) is 70.4 Å². The molecule has 1 unspecified atom stereocenters. The zero-order chi connectivity index (χ0) is 21.6. The molecule has 158 valence electrons. The lowest BCUT2D eigenvalue weighted by molar-refractivity contribution is -0.121. The van der Waals surface area contributed by atoms with Crippen LogP contribution in [0.25, 0.3) is 10.9 Å². The van der Waals surface area contributed by atoms with Crippen molar-refractivity contribution in [1.82, 2.24) is 15.0 Å². The standard InChI is InChI=1S/C22H25N3O4S/c1-16(7-8-17-5-3-2-4-6-17)24-22(27)13-14-23-30(28,29)19-10-11-20-18(15-19)9-12-21(26)25-20/h2-6,9-12,15-16,23H,7-8,13-14H2,1H3,(H,24,27)(H,25,26). The van der Waals surface area contributed by atoms with Gasteiger partial charge in [-0.3, -0.25) is 9.59 Å². The van der Waals surface area contributed by atoms with Crippen LogP contribution in [-0.4, -0.2) is 31.9 Å². The summed E-state index contributed by atoms with van der Waals surface area (Å²) in [4.78, 5) is 26.2. The van der Waals surface area contributed by atoms with Crippen LogP contribution in [-0.2, 0) is 21.2 Å². The predicted molar refractivity (Wildman–Crippen MR) is 117 cm³/mol. The van der Waals surface area contributed by atoms with Gasteiger partial charge in [0, 0.05) is 30.6 Å². The van der Waals surface area contributed by atoms with Crippen LogP contribution < -0.4 is 15.6 Å². The molecule has 3 rings (SSSR count). The summed E-state index contributed by atoms with van der Waals surface area (Å²) in [5.74, 6) is -0.200. The van der Waals surface area contributed by atoms with Gasteiger partial charge in [0.15, 0.2) is 0 Å². The average Bonchev–Trinajstić information content (AvgIpc) is 2.72. The summed E-state index contributed by atoms with van der Waals surface area (Å²) in [6.45, 7) is 1.94. The van der Waals surface area contributed by atoms with E-state index in [1.165, 1.54) is 23.8 Å². The molecule has 1 atom stereocenters. The maximum absolute atomic E-state index is 12.5. The lowest BCUT2D eigenvalue weighted by Gasteiger charge is -2.14. The van der Waals surface area contributed by atoms with Crippen molar-refractivity contribution in [1.29, 1.82) is 0 Å². The molecule has 0 aliphatic heterocycles. The molecule has 3 N–H and O–H groups in total. The number of hydrogen-bond acceptors (Lipinski definition) is 4. The molecule has 0 aliphatic rings. The van der Waals surface area contributed by atoms with Crippen LogP contribution in [0.3, 0.4) is 0 Å². The van der Waals surface area contributed by atoms with Gasteiger partial charge in [0.1, 0.15) is 0 Å². The third-order valence-corrected chi connectivity index (χ3v) is 6.22. The number of aromatic amines is 1. The number of aromatic nitrogens is 1. The minimum Gasteiger partial charge on any atom is -0.354 e. The molecule has 30 heavy (non-hydrogen) atoms. The number of pyridine rings is 1. The Hall–Kier alpha value is -2.97. The summed E-state index contributed by atoms with van der Waals surface area (Å²) in [5, 5.41) is 3.51. The van der Waals surface area contributed by atoms with Crippen molar-refractivity contribution in [3.05, 3.63) is 76.6 Å². The molecule has 0 saturated heterocycles. The van der Waals surface area contributed by atoms with E-state index in [9.17, 15) is 18.0 Å². The second-order valence-electron chi connectivity index (χ2n) is 7.21. The highest BCUT2D eigenvalue weighted by Crippen LogP contribution is 2.16. The molecule has 2 aromatic carbocycles.